The highest BCUT2D eigenvalue weighted by atomic mass is 79.9. The van der Waals surface area contributed by atoms with E-state index in [4.69, 9.17) is 0 Å². The first-order valence-corrected chi connectivity index (χ1v) is 6.83. The topological polar surface area (TPSA) is 62.5 Å². The molecular weight excluding hydrogens is 310 g/mol. The molecule has 0 aliphatic carbocycles. The van der Waals surface area contributed by atoms with Crippen LogP contribution < -0.4 is 5.32 Å². The first-order valence-electron chi connectivity index (χ1n) is 6.04. The Hall–Kier alpha value is -1.47. The lowest BCUT2D eigenvalue weighted by Crippen LogP contribution is -2.35. The molecule has 0 radical (unpaired) electrons. The summed E-state index contributed by atoms with van der Waals surface area (Å²) in [5, 5.41) is 3.13. The van der Waals surface area contributed by atoms with Gasteiger partial charge in [0.2, 0.25) is 5.91 Å². The minimum atomic E-state index is 0.0826. The Bertz CT molecular complexity index is 583. The number of rotatable bonds is 5. The first-order chi connectivity index (χ1) is 9.11. The van der Waals surface area contributed by atoms with Crippen molar-refractivity contribution in [1.82, 2.24) is 24.6 Å². The zero-order valence-electron chi connectivity index (χ0n) is 10.9. The molecule has 0 bridgehead atoms. The summed E-state index contributed by atoms with van der Waals surface area (Å²) in [6.45, 7) is 3.58. The largest absolute Gasteiger partial charge is 0.345 e. The van der Waals surface area contributed by atoms with Gasteiger partial charge in [0.05, 0.1) is 24.6 Å². The fourth-order valence-electron chi connectivity index (χ4n) is 1.66. The number of hydrogen-bond donors (Lipinski definition) is 1. The quantitative estimate of drug-likeness (QED) is 0.892. The van der Waals surface area contributed by atoms with E-state index >= 15 is 0 Å². The number of aromatic nitrogens is 3. The number of likely N-dealkylation sites (N-methyl/N-ethyl adjacent to an activating group) is 1. The minimum Gasteiger partial charge on any atom is -0.345 e. The Morgan fingerprint density at radius 1 is 1.47 bits per heavy atom. The number of carbonyl (C=O) groups is 1. The van der Waals surface area contributed by atoms with Crippen LogP contribution in [0.3, 0.4) is 0 Å². The number of nitrogens with zero attached hydrogens (tertiary/aromatic N) is 4. The van der Waals surface area contributed by atoms with Crippen molar-refractivity contribution in [1.29, 1.82) is 0 Å². The van der Waals surface area contributed by atoms with Crippen molar-refractivity contribution in [2.24, 2.45) is 0 Å². The van der Waals surface area contributed by atoms with E-state index < -0.39 is 0 Å². The molecule has 2 aromatic heterocycles. The van der Waals surface area contributed by atoms with Crippen molar-refractivity contribution in [3.8, 4) is 0 Å². The molecule has 0 aliphatic rings. The van der Waals surface area contributed by atoms with Crippen molar-refractivity contribution in [2.75, 3.05) is 20.1 Å². The number of hydrogen-bond acceptors (Lipinski definition) is 4. The number of nitrogens with one attached hydrogen (secondary N) is 1. The van der Waals surface area contributed by atoms with Gasteiger partial charge in [-0.05, 0) is 22.9 Å². The number of halogens is 1. The number of fused-ring (bicyclic) bond motifs is 1. The third kappa shape index (κ3) is 3.30. The first kappa shape index (κ1) is 14.0. The molecule has 0 aliphatic heterocycles. The molecule has 102 valence electrons. The van der Waals surface area contributed by atoms with Gasteiger partial charge in [-0.2, -0.15) is 0 Å². The molecule has 19 heavy (non-hydrogen) atoms. The molecule has 0 atom stereocenters. The Kier molecular flexibility index (Phi) is 4.49. The van der Waals surface area contributed by atoms with E-state index in [1.54, 1.807) is 24.3 Å². The van der Waals surface area contributed by atoms with Gasteiger partial charge in [0.25, 0.3) is 0 Å². The van der Waals surface area contributed by atoms with Crippen molar-refractivity contribution in [2.45, 2.75) is 13.5 Å². The normalized spacial score (nSPS) is 10.9. The van der Waals surface area contributed by atoms with Crippen LogP contribution in [0.5, 0.6) is 0 Å². The van der Waals surface area contributed by atoms with E-state index in [0.29, 0.717) is 13.1 Å². The summed E-state index contributed by atoms with van der Waals surface area (Å²) >= 11 is 3.33. The van der Waals surface area contributed by atoms with Crippen molar-refractivity contribution in [3.05, 3.63) is 28.9 Å². The summed E-state index contributed by atoms with van der Waals surface area (Å²) in [6, 6.07) is 0. The highest BCUT2D eigenvalue weighted by molar-refractivity contribution is 9.10. The maximum atomic E-state index is 11.6. The lowest BCUT2D eigenvalue weighted by atomic mass is 10.4. The average molecular weight is 326 g/mol. The van der Waals surface area contributed by atoms with Gasteiger partial charge in [0.1, 0.15) is 4.60 Å². The zero-order chi connectivity index (χ0) is 13.8. The lowest BCUT2D eigenvalue weighted by molar-refractivity contribution is -0.128. The molecule has 2 aromatic rings. The van der Waals surface area contributed by atoms with E-state index in [1.807, 2.05) is 17.5 Å². The van der Waals surface area contributed by atoms with Crippen LogP contribution >= 0.6 is 15.9 Å². The van der Waals surface area contributed by atoms with Crippen LogP contribution in [0.2, 0.25) is 0 Å². The van der Waals surface area contributed by atoms with E-state index in [1.165, 1.54) is 0 Å². The van der Waals surface area contributed by atoms with E-state index in [0.717, 1.165) is 22.5 Å². The summed E-state index contributed by atoms with van der Waals surface area (Å²) in [4.78, 5) is 21.7. The highest BCUT2D eigenvalue weighted by Gasteiger charge is 2.07. The van der Waals surface area contributed by atoms with Crippen LogP contribution in [-0.2, 0) is 11.3 Å². The summed E-state index contributed by atoms with van der Waals surface area (Å²) in [6.07, 6.45) is 5.34. The van der Waals surface area contributed by atoms with Crippen molar-refractivity contribution < 1.29 is 4.79 Å². The van der Waals surface area contributed by atoms with Crippen LogP contribution in [0.4, 0.5) is 0 Å². The molecule has 6 nitrogen and oxygen atoms in total. The number of carbonyl (C=O) groups excluding carboxylic acids is 1. The maximum absolute atomic E-state index is 11.6. The van der Waals surface area contributed by atoms with Gasteiger partial charge in [-0.1, -0.05) is 0 Å². The average Bonchev–Trinajstić information content (AvgIpc) is 2.80. The molecule has 0 saturated carbocycles. The molecule has 2 heterocycles. The fraction of sp³-hybridized carbons (Fsp3) is 0.417. The zero-order valence-corrected chi connectivity index (χ0v) is 12.5. The van der Waals surface area contributed by atoms with Crippen molar-refractivity contribution >= 4 is 27.5 Å². The van der Waals surface area contributed by atoms with Crippen LogP contribution in [0.25, 0.3) is 5.65 Å². The van der Waals surface area contributed by atoms with Gasteiger partial charge in [-0.15, -0.1) is 0 Å². The van der Waals surface area contributed by atoms with Gasteiger partial charge in [0, 0.05) is 26.3 Å². The lowest BCUT2D eigenvalue weighted by Gasteiger charge is -2.14. The molecule has 1 amide bonds. The minimum absolute atomic E-state index is 0.0826. The second-order valence-corrected chi connectivity index (χ2v) is 5.01. The summed E-state index contributed by atoms with van der Waals surface area (Å²) in [7, 11) is 1.79. The Labute approximate surface area is 120 Å². The molecule has 7 heteroatoms. The number of imidazole rings is 1. The van der Waals surface area contributed by atoms with E-state index in [-0.39, 0.29) is 5.91 Å². The Balaban J connectivity index is 1.98. The van der Waals surface area contributed by atoms with E-state index in [2.05, 4.69) is 31.2 Å². The predicted octanol–water partition coefficient (Wildman–Crippen LogP) is 1.06. The van der Waals surface area contributed by atoms with Gasteiger partial charge >= 0.3 is 0 Å². The molecule has 2 rings (SSSR count). The molecule has 0 saturated heterocycles. The Morgan fingerprint density at radius 2 is 2.26 bits per heavy atom. The second-order valence-electron chi connectivity index (χ2n) is 4.20. The van der Waals surface area contributed by atoms with Crippen LogP contribution in [0.1, 0.15) is 12.6 Å². The number of amides is 1. The van der Waals surface area contributed by atoms with Gasteiger partial charge < -0.3 is 10.2 Å². The second kappa shape index (κ2) is 6.12. The molecule has 0 unspecified atom stereocenters. The summed E-state index contributed by atoms with van der Waals surface area (Å²) in [5.74, 6) is 0.0826. The van der Waals surface area contributed by atoms with Crippen molar-refractivity contribution in [3.63, 3.8) is 0 Å². The van der Waals surface area contributed by atoms with Gasteiger partial charge in [-0.25, -0.2) is 9.97 Å². The van der Waals surface area contributed by atoms with E-state index in [9.17, 15) is 4.79 Å². The predicted molar refractivity (Wildman–Crippen MR) is 75.7 cm³/mol. The monoisotopic (exact) mass is 325 g/mol. The highest BCUT2D eigenvalue weighted by Crippen LogP contribution is 2.10. The molecule has 1 N–H and O–H groups in total. The van der Waals surface area contributed by atoms with Crippen LogP contribution in [-0.4, -0.2) is 45.3 Å². The van der Waals surface area contributed by atoms with Gasteiger partial charge in [-0.3, -0.25) is 9.20 Å². The molecular formula is C12H16BrN5O. The van der Waals surface area contributed by atoms with Crippen LogP contribution in [0, 0.1) is 0 Å². The summed E-state index contributed by atoms with van der Waals surface area (Å²) < 4.78 is 2.69. The Morgan fingerprint density at radius 3 is 3.00 bits per heavy atom. The smallest absolute Gasteiger partial charge is 0.236 e. The summed E-state index contributed by atoms with van der Waals surface area (Å²) in [5.41, 5.74) is 1.78. The SMILES string of the molecule is CCN(C)C(=O)CNCc1cnc2cnc(Br)cn12. The standard InChI is InChI=1S/C12H16BrN5O/c1-3-17(2)12(19)7-14-4-9-5-16-11-6-15-10(13)8-18(9)11/h5-6,8,14H,3-4,7H2,1-2H3. The van der Waals surface area contributed by atoms with Crippen LogP contribution in [0.15, 0.2) is 23.2 Å². The molecule has 0 spiro atoms. The maximum Gasteiger partial charge on any atom is 0.236 e. The molecule has 0 aromatic carbocycles. The fourth-order valence-corrected chi connectivity index (χ4v) is 1.96. The third-order valence-electron chi connectivity index (χ3n) is 2.92. The third-order valence-corrected chi connectivity index (χ3v) is 3.33. The molecule has 0 fully saturated rings. The van der Waals surface area contributed by atoms with Gasteiger partial charge in [0.15, 0.2) is 5.65 Å².